The Labute approximate surface area is 125 Å². The molecule has 21 heavy (non-hydrogen) atoms. The van der Waals surface area contributed by atoms with E-state index in [1.807, 2.05) is 32.0 Å². The van der Waals surface area contributed by atoms with Crippen LogP contribution in [0.5, 0.6) is 11.5 Å². The summed E-state index contributed by atoms with van der Waals surface area (Å²) in [5.74, 6) is 1.07. The molecule has 0 aliphatic heterocycles. The van der Waals surface area contributed by atoms with Gasteiger partial charge >= 0.3 is 0 Å². The molecule has 0 radical (unpaired) electrons. The Morgan fingerprint density at radius 1 is 1.10 bits per heavy atom. The van der Waals surface area contributed by atoms with Gasteiger partial charge in [0.2, 0.25) is 5.91 Å². The van der Waals surface area contributed by atoms with Gasteiger partial charge in [-0.25, -0.2) is 0 Å². The first-order valence-corrected chi connectivity index (χ1v) is 7.21. The van der Waals surface area contributed by atoms with Crippen molar-refractivity contribution in [1.82, 2.24) is 5.32 Å². The SMILES string of the molecule is CCOc1ccc(CCNC(=O)CC(C)=O)cc1OCC. The molecule has 1 amide bonds. The molecule has 0 fully saturated rings. The van der Waals surface area contributed by atoms with Crippen LogP contribution >= 0.6 is 0 Å². The van der Waals surface area contributed by atoms with Gasteiger partial charge in [-0.1, -0.05) is 6.07 Å². The minimum absolute atomic E-state index is 0.0620. The first-order valence-electron chi connectivity index (χ1n) is 7.21. The van der Waals surface area contributed by atoms with E-state index in [0.717, 1.165) is 11.3 Å². The van der Waals surface area contributed by atoms with Gasteiger partial charge in [0.05, 0.1) is 19.6 Å². The number of nitrogens with one attached hydrogen (secondary N) is 1. The Bertz CT molecular complexity index is 485. The molecule has 0 aromatic heterocycles. The van der Waals surface area contributed by atoms with Gasteiger partial charge in [-0.3, -0.25) is 9.59 Å². The van der Waals surface area contributed by atoms with E-state index < -0.39 is 0 Å². The Morgan fingerprint density at radius 2 is 1.76 bits per heavy atom. The molecule has 5 heteroatoms. The zero-order valence-corrected chi connectivity index (χ0v) is 12.9. The van der Waals surface area contributed by atoms with Gasteiger partial charge in [0.15, 0.2) is 11.5 Å². The van der Waals surface area contributed by atoms with E-state index in [9.17, 15) is 9.59 Å². The van der Waals surface area contributed by atoms with E-state index in [-0.39, 0.29) is 18.1 Å². The maximum absolute atomic E-state index is 11.4. The van der Waals surface area contributed by atoms with Crippen molar-refractivity contribution in [1.29, 1.82) is 0 Å². The maximum Gasteiger partial charge on any atom is 0.227 e. The number of hydrogen-bond donors (Lipinski definition) is 1. The second kappa shape index (κ2) is 9.00. The predicted molar refractivity (Wildman–Crippen MR) is 80.8 cm³/mol. The molecule has 0 bridgehead atoms. The number of benzene rings is 1. The van der Waals surface area contributed by atoms with Crippen molar-refractivity contribution in [3.05, 3.63) is 23.8 Å². The number of ketones is 1. The zero-order valence-electron chi connectivity index (χ0n) is 12.9. The standard InChI is InChI=1S/C16H23NO4/c1-4-20-14-7-6-13(11-15(14)21-5-2)8-9-17-16(19)10-12(3)18/h6-7,11H,4-5,8-10H2,1-3H3,(H,17,19). The van der Waals surface area contributed by atoms with Gasteiger partial charge in [-0.05, 0) is 44.9 Å². The van der Waals surface area contributed by atoms with E-state index in [2.05, 4.69) is 5.32 Å². The van der Waals surface area contributed by atoms with Gasteiger partial charge in [-0.15, -0.1) is 0 Å². The van der Waals surface area contributed by atoms with Crippen LogP contribution in [0.2, 0.25) is 0 Å². The zero-order chi connectivity index (χ0) is 15.7. The Hall–Kier alpha value is -2.04. The molecule has 5 nitrogen and oxygen atoms in total. The first kappa shape index (κ1) is 17.0. The third-order valence-corrected chi connectivity index (χ3v) is 2.75. The smallest absolute Gasteiger partial charge is 0.227 e. The Kier molecular flexibility index (Phi) is 7.29. The molecule has 116 valence electrons. The van der Waals surface area contributed by atoms with Gasteiger partial charge in [-0.2, -0.15) is 0 Å². The van der Waals surface area contributed by atoms with Crippen LogP contribution in [0.4, 0.5) is 0 Å². The average Bonchev–Trinajstić information content (AvgIpc) is 2.41. The van der Waals surface area contributed by atoms with Crippen molar-refractivity contribution in [2.45, 2.75) is 33.6 Å². The fraction of sp³-hybridized carbons (Fsp3) is 0.500. The van der Waals surface area contributed by atoms with Crippen molar-refractivity contribution in [2.75, 3.05) is 19.8 Å². The molecule has 0 heterocycles. The largest absolute Gasteiger partial charge is 0.490 e. The van der Waals surface area contributed by atoms with Gasteiger partial charge in [0.25, 0.3) is 0 Å². The first-order chi connectivity index (χ1) is 10.1. The van der Waals surface area contributed by atoms with E-state index in [1.54, 1.807) is 0 Å². The van der Waals surface area contributed by atoms with Crippen LogP contribution < -0.4 is 14.8 Å². The highest BCUT2D eigenvalue weighted by Crippen LogP contribution is 2.28. The van der Waals surface area contributed by atoms with Crippen LogP contribution in [0.3, 0.4) is 0 Å². The summed E-state index contributed by atoms with van der Waals surface area (Å²) in [7, 11) is 0. The summed E-state index contributed by atoms with van der Waals surface area (Å²) in [5, 5.41) is 2.72. The number of amides is 1. The molecule has 0 aliphatic carbocycles. The normalized spacial score (nSPS) is 10.0. The van der Waals surface area contributed by atoms with Crippen molar-refractivity contribution < 1.29 is 19.1 Å². The Balaban J connectivity index is 2.57. The highest BCUT2D eigenvalue weighted by atomic mass is 16.5. The third-order valence-electron chi connectivity index (χ3n) is 2.75. The van der Waals surface area contributed by atoms with Crippen LogP contribution in [-0.4, -0.2) is 31.4 Å². The lowest BCUT2D eigenvalue weighted by atomic mass is 10.1. The molecule has 0 saturated carbocycles. The van der Waals surface area contributed by atoms with E-state index >= 15 is 0 Å². The van der Waals surface area contributed by atoms with Crippen LogP contribution in [0.25, 0.3) is 0 Å². The lowest BCUT2D eigenvalue weighted by Gasteiger charge is -2.12. The fourth-order valence-corrected chi connectivity index (χ4v) is 1.89. The molecule has 1 N–H and O–H groups in total. The molecule has 1 rings (SSSR count). The van der Waals surface area contributed by atoms with Crippen LogP contribution in [-0.2, 0) is 16.0 Å². The monoisotopic (exact) mass is 293 g/mol. The number of hydrogen-bond acceptors (Lipinski definition) is 4. The van der Waals surface area contributed by atoms with Crippen molar-refractivity contribution in [2.24, 2.45) is 0 Å². The molecule has 0 aliphatic rings. The summed E-state index contributed by atoms with van der Waals surface area (Å²) in [5.41, 5.74) is 1.05. The van der Waals surface area contributed by atoms with Gasteiger partial charge < -0.3 is 14.8 Å². The Morgan fingerprint density at radius 3 is 2.38 bits per heavy atom. The van der Waals surface area contributed by atoms with Crippen LogP contribution in [0.15, 0.2) is 18.2 Å². The molecule has 0 spiro atoms. The molecule has 1 aromatic rings. The third kappa shape index (κ3) is 6.29. The predicted octanol–water partition coefficient (Wildman–Crippen LogP) is 2.12. The van der Waals surface area contributed by atoms with E-state index in [4.69, 9.17) is 9.47 Å². The average molecular weight is 293 g/mol. The highest BCUT2D eigenvalue weighted by Gasteiger charge is 2.07. The topological polar surface area (TPSA) is 64.6 Å². The van der Waals surface area contributed by atoms with E-state index in [1.165, 1.54) is 6.92 Å². The maximum atomic E-state index is 11.4. The van der Waals surface area contributed by atoms with Crippen molar-refractivity contribution in [3.8, 4) is 11.5 Å². The lowest BCUT2D eigenvalue weighted by Crippen LogP contribution is -2.27. The highest BCUT2D eigenvalue weighted by molar-refractivity contribution is 5.96. The van der Waals surface area contributed by atoms with Gasteiger partial charge in [0, 0.05) is 6.54 Å². The van der Waals surface area contributed by atoms with Crippen molar-refractivity contribution >= 4 is 11.7 Å². The molecule has 1 aromatic carbocycles. The van der Waals surface area contributed by atoms with Gasteiger partial charge in [0.1, 0.15) is 5.78 Å². The summed E-state index contributed by atoms with van der Waals surface area (Å²) in [6.45, 7) is 6.89. The molecule has 0 saturated heterocycles. The lowest BCUT2D eigenvalue weighted by molar-refractivity contribution is -0.127. The number of carbonyl (C=O) groups is 2. The van der Waals surface area contributed by atoms with E-state index in [0.29, 0.717) is 31.9 Å². The minimum Gasteiger partial charge on any atom is -0.490 e. The second-order valence-electron chi connectivity index (χ2n) is 4.63. The van der Waals surface area contributed by atoms with Crippen LogP contribution in [0, 0.1) is 0 Å². The van der Waals surface area contributed by atoms with Crippen LogP contribution in [0.1, 0.15) is 32.8 Å². The summed E-state index contributed by atoms with van der Waals surface area (Å²) in [6.07, 6.45) is 0.615. The summed E-state index contributed by atoms with van der Waals surface area (Å²) in [6, 6.07) is 5.75. The molecular weight excluding hydrogens is 270 g/mol. The molecular formula is C16H23NO4. The number of Topliss-reactive ketones (excluding diaryl/α,β-unsaturated/α-hetero) is 1. The minimum atomic E-state index is -0.238. The quantitative estimate of drug-likeness (QED) is 0.708. The summed E-state index contributed by atoms with van der Waals surface area (Å²) in [4.78, 5) is 22.2. The summed E-state index contributed by atoms with van der Waals surface area (Å²) < 4.78 is 11.1. The fourth-order valence-electron chi connectivity index (χ4n) is 1.89. The number of carbonyl (C=O) groups excluding carboxylic acids is 2. The van der Waals surface area contributed by atoms with Crippen molar-refractivity contribution in [3.63, 3.8) is 0 Å². The summed E-state index contributed by atoms with van der Waals surface area (Å²) >= 11 is 0. The molecule has 0 unspecified atom stereocenters. The second-order valence-corrected chi connectivity index (χ2v) is 4.63. The molecule has 0 atom stereocenters. The number of rotatable bonds is 9. The number of ether oxygens (including phenoxy) is 2.